The van der Waals surface area contributed by atoms with E-state index < -0.39 is 5.91 Å². The van der Waals surface area contributed by atoms with Gasteiger partial charge in [0, 0.05) is 32.5 Å². The van der Waals surface area contributed by atoms with Crippen molar-refractivity contribution >= 4 is 28.9 Å². The summed E-state index contributed by atoms with van der Waals surface area (Å²) >= 11 is 0. The minimum atomic E-state index is -0.622. The number of ether oxygens (including phenoxy) is 1. The summed E-state index contributed by atoms with van der Waals surface area (Å²) in [4.78, 5) is 28.5. The minimum absolute atomic E-state index is 0.0360. The van der Waals surface area contributed by atoms with Crippen LogP contribution in [0.3, 0.4) is 0 Å². The van der Waals surface area contributed by atoms with Gasteiger partial charge in [0.1, 0.15) is 22.9 Å². The molecule has 1 fully saturated rings. The Morgan fingerprint density at radius 1 is 1.26 bits per heavy atom. The average Bonchev–Trinajstić information content (AvgIpc) is 3.25. The molecule has 3 aromatic heterocycles. The molecule has 0 atom stereocenters. The van der Waals surface area contributed by atoms with Crippen LogP contribution >= 0.6 is 0 Å². The number of pyridine rings is 1. The topological polar surface area (TPSA) is 129 Å². The van der Waals surface area contributed by atoms with E-state index in [0.29, 0.717) is 23.0 Å². The molecule has 34 heavy (non-hydrogen) atoms. The number of methoxy groups -OCH3 is 1. The summed E-state index contributed by atoms with van der Waals surface area (Å²) in [5, 5.41) is 10.1. The number of aromatic nitrogens is 4. The van der Waals surface area contributed by atoms with Gasteiger partial charge < -0.3 is 25.7 Å². The van der Waals surface area contributed by atoms with E-state index in [4.69, 9.17) is 10.5 Å². The summed E-state index contributed by atoms with van der Waals surface area (Å²) in [6.07, 6.45) is 9.71. The van der Waals surface area contributed by atoms with Gasteiger partial charge in [-0.05, 0) is 45.7 Å². The highest BCUT2D eigenvalue weighted by atomic mass is 16.5. The summed E-state index contributed by atoms with van der Waals surface area (Å²) in [5.74, 6) is 0.377. The van der Waals surface area contributed by atoms with E-state index in [1.807, 2.05) is 21.0 Å². The first-order valence-corrected chi connectivity index (χ1v) is 11.6. The highest BCUT2D eigenvalue weighted by Crippen LogP contribution is 2.30. The van der Waals surface area contributed by atoms with Crippen LogP contribution in [0.15, 0.2) is 35.4 Å². The molecule has 10 nitrogen and oxygen atoms in total. The van der Waals surface area contributed by atoms with E-state index >= 15 is 0 Å². The molecule has 1 aliphatic rings. The van der Waals surface area contributed by atoms with E-state index in [-0.39, 0.29) is 22.8 Å². The van der Waals surface area contributed by atoms with Crippen molar-refractivity contribution in [3.05, 3.63) is 46.5 Å². The Balaban J connectivity index is 0.000000302. The summed E-state index contributed by atoms with van der Waals surface area (Å²) in [6.45, 7) is 6.08. The number of nitrogens with two attached hydrogens (primary N) is 1. The molecule has 0 aliphatic heterocycles. The van der Waals surface area contributed by atoms with Crippen molar-refractivity contribution < 1.29 is 9.53 Å². The van der Waals surface area contributed by atoms with Crippen LogP contribution in [0, 0.1) is 0 Å². The standard InChI is InChI=1S/C16H19N7O2.C8H16O/c1-9(2)22-6-4-5-11(16(22)25)20-12-7-13(18-3)23-15(21-12)10(8-19-23)14(17)24;1-8(9-2)6-4-3-5-7-8/h4-9,18H,1-3H3,(H2,17,24)(H,20,21);3-7H2,1-2H3. The van der Waals surface area contributed by atoms with E-state index in [1.165, 1.54) is 42.8 Å². The normalized spacial score (nSPS) is 15.0. The number of carbonyl (C=O) groups is 1. The van der Waals surface area contributed by atoms with Gasteiger partial charge >= 0.3 is 0 Å². The van der Waals surface area contributed by atoms with Crippen LogP contribution in [0.1, 0.15) is 69.3 Å². The summed E-state index contributed by atoms with van der Waals surface area (Å²) in [7, 11) is 3.55. The number of hydrogen-bond acceptors (Lipinski definition) is 7. The molecule has 0 radical (unpaired) electrons. The highest BCUT2D eigenvalue weighted by Gasteiger charge is 2.25. The Labute approximate surface area is 199 Å². The van der Waals surface area contributed by atoms with Gasteiger partial charge in [0.05, 0.1) is 11.8 Å². The van der Waals surface area contributed by atoms with Crippen molar-refractivity contribution in [2.45, 2.75) is 64.5 Å². The zero-order chi connectivity index (χ0) is 24.9. The SMILES string of the molecule is CNc1cc(Nc2cccn(C(C)C)c2=O)nc2c(C(N)=O)cnn12.COC1(C)CCCCC1. The second-order valence-corrected chi connectivity index (χ2v) is 9.00. The third kappa shape index (κ3) is 5.56. The van der Waals surface area contributed by atoms with Crippen molar-refractivity contribution in [1.29, 1.82) is 0 Å². The number of fused-ring (bicyclic) bond motifs is 1. The van der Waals surface area contributed by atoms with E-state index in [0.717, 1.165) is 0 Å². The predicted octanol–water partition coefficient (Wildman–Crippen LogP) is 3.71. The molecule has 0 aromatic carbocycles. The molecule has 0 bridgehead atoms. The first-order valence-electron chi connectivity index (χ1n) is 11.6. The van der Waals surface area contributed by atoms with Gasteiger partial charge in [-0.3, -0.25) is 9.59 Å². The second kappa shape index (κ2) is 10.7. The zero-order valence-corrected chi connectivity index (χ0v) is 20.6. The fourth-order valence-electron chi connectivity index (χ4n) is 4.03. The number of hydrogen-bond donors (Lipinski definition) is 3. The van der Waals surface area contributed by atoms with Crippen LogP contribution in [-0.4, -0.2) is 44.8 Å². The van der Waals surface area contributed by atoms with Crippen molar-refractivity contribution in [2.75, 3.05) is 24.8 Å². The van der Waals surface area contributed by atoms with Crippen LogP contribution in [0.4, 0.5) is 17.3 Å². The first-order chi connectivity index (χ1) is 16.2. The molecule has 1 aliphatic carbocycles. The maximum Gasteiger partial charge on any atom is 0.274 e. The zero-order valence-electron chi connectivity index (χ0n) is 20.6. The van der Waals surface area contributed by atoms with Crippen molar-refractivity contribution in [1.82, 2.24) is 19.2 Å². The molecule has 10 heteroatoms. The Bertz CT molecular complexity index is 1190. The summed E-state index contributed by atoms with van der Waals surface area (Å²) < 4.78 is 8.47. The largest absolute Gasteiger partial charge is 0.379 e. The van der Waals surface area contributed by atoms with Crippen LogP contribution in [0.5, 0.6) is 0 Å². The minimum Gasteiger partial charge on any atom is -0.379 e. The lowest BCUT2D eigenvalue weighted by molar-refractivity contribution is -0.0231. The maximum absolute atomic E-state index is 12.5. The quantitative estimate of drug-likeness (QED) is 0.502. The number of carbonyl (C=O) groups excluding carboxylic acids is 1. The lowest BCUT2D eigenvalue weighted by Gasteiger charge is -2.31. The number of nitrogens with zero attached hydrogens (tertiary/aromatic N) is 4. The van der Waals surface area contributed by atoms with Gasteiger partial charge in [-0.2, -0.15) is 9.61 Å². The fraction of sp³-hybridized carbons (Fsp3) is 0.500. The Kier molecular flexibility index (Phi) is 7.93. The second-order valence-electron chi connectivity index (χ2n) is 9.00. The summed E-state index contributed by atoms with van der Waals surface area (Å²) in [6, 6.07) is 5.19. The molecule has 3 aromatic rings. The Morgan fingerprint density at radius 3 is 2.53 bits per heavy atom. The lowest BCUT2D eigenvalue weighted by atomic mass is 9.86. The summed E-state index contributed by atoms with van der Waals surface area (Å²) in [5.41, 5.74) is 6.32. The molecule has 1 saturated carbocycles. The van der Waals surface area contributed by atoms with Crippen molar-refractivity contribution in [2.24, 2.45) is 5.73 Å². The van der Waals surface area contributed by atoms with E-state index in [9.17, 15) is 9.59 Å². The van der Waals surface area contributed by atoms with E-state index in [2.05, 4.69) is 27.6 Å². The van der Waals surface area contributed by atoms with Crippen molar-refractivity contribution in [3.8, 4) is 0 Å². The number of primary amides is 1. The third-order valence-corrected chi connectivity index (χ3v) is 6.19. The molecule has 4 N–H and O–H groups in total. The molecule has 0 saturated heterocycles. The van der Waals surface area contributed by atoms with Crippen LogP contribution in [-0.2, 0) is 4.74 Å². The molecule has 184 valence electrons. The number of rotatable bonds is 6. The molecule has 3 heterocycles. The lowest BCUT2D eigenvalue weighted by Crippen LogP contribution is -2.29. The van der Waals surface area contributed by atoms with Crippen molar-refractivity contribution in [3.63, 3.8) is 0 Å². The van der Waals surface area contributed by atoms with Gasteiger partial charge in [0.15, 0.2) is 5.65 Å². The van der Waals surface area contributed by atoms with Gasteiger partial charge in [0.2, 0.25) is 0 Å². The number of anilines is 3. The molecule has 0 spiro atoms. The van der Waals surface area contributed by atoms with Crippen LogP contribution in [0.2, 0.25) is 0 Å². The molecule has 4 rings (SSSR count). The Hall–Kier alpha value is -3.40. The van der Waals surface area contributed by atoms with Gasteiger partial charge in [0.25, 0.3) is 11.5 Å². The molecular formula is C24H35N7O3. The van der Waals surface area contributed by atoms with E-state index in [1.54, 1.807) is 36.0 Å². The molecule has 1 amide bonds. The molecule has 0 unspecified atom stereocenters. The Morgan fingerprint density at radius 2 is 1.97 bits per heavy atom. The van der Waals surface area contributed by atoms with Gasteiger partial charge in [-0.1, -0.05) is 19.3 Å². The van der Waals surface area contributed by atoms with Crippen LogP contribution < -0.4 is 21.9 Å². The maximum atomic E-state index is 12.5. The monoisotopic (exact) mass is 469 g/mol. The average molecular weight is 470 g/mol. The molecular weight excluding hydrogens is 434 g/mol. The predicted molar refractivity (Wildman–Crippen MR) is 134 cm³/mol. The smallest absolute Gasteiger partial charge is 0.274 e. The third-order valence-electron chi connectivity index (χ3n) is 6.19. The van der Waals surface area contributed by atoms with Gasteiger partial charge in [-0.15, -0.1) is 0 Å². The highest BCUT2D eigenvalue weighted by molar-refractivity contribution is 5.98. The number of amides is 1. The first kappa shape index (κ1) is 25.2. The van der Waals surface area contributed by atoms with Gasteiger partial charge in [-0.25, -0.2) is 4.98 Å². The fourth-order valence-corrected chi connectivity index (χ4v) is 4.03. The number of nitrogens with one attached hydrogen (secondary N) is 2. The van der Waals surface area contributed by atoms with Crippen LogP contribution in [0.25, 0.3) is 5.65 Å².